The molecule has 0 unspecified atom stereocenters. The molecular weight excluding hydrogens is 271 g/mol. The van der Waals surface area contributed by atoms with E-state index in [1.54, 1.807) is 0 Å². The van der Waals surface area contributed by atoms with Gasteiger partial charge in [0.25, 0.3) is 0 Å². The van der Waals surface area contributed by atoms with Crippen LogP contribution in [0.4, 0.5) is 13.2 Å². The summed E-state index contributed by atoms with van der Waals surface area (Å²) < 4.78 is 38.0. The molecule has 0 N–H and O–H groups in total. The van der Waals surface area contributed by atoms with Crippen molar-refractivity contribution in [2.45, 2.75) is 19.5 Å². The van der Waals surface area contributed by atoms with Gasteiger partial charge in [0, 0.05) is 4.47 Å². The van der Waals surface area contributed by atoms with Crippen LogP contribution in [-0.4, -0.2) is 0 Å². The average Bonchev–Trinajstić information content (AvgIpc) is 2.09. The summed E-state index contributed by atoms with van der Waals surface area (Å²) in [6, 6.07) is 4.37. The highest BCUT2D eigenvalue weighted by Gasteiger charge is 2.33. The molecule has 0 heterocycles. The van der Waals surface area contributed by atoms with Gasteiger partial charge in [-0.15, -0.1) is 0 Å². The van der Waals surface area contributed by atoms with E-state index in [1.165, 1.54) is 13.0 Å². The van der Waals surface area contributed by atoms with E-state index in [2.05, 4.69) is 15.9 Å². The molecule has 0 bridgehead atoms. The van der Waals surface area contributed by atoms with Crippen LogP contribution in [0, 0.1) is 18.3 Å². The van der Waals surface area contributed by atoms with E-state index in [0.29, 0.717) is 10.0 Å². The average molecular weight is 278 g/mol. The molecule has 1 aromatic carbocycles. The normalized spacial score (nSPS) is 11.2. The minimum absolute atomic E-state index is 0.0258. The van der Waals surface area contributed by atoms with E-state index >= 15 is 0 Å². The number of nitrogens with zero attached hydrogens (tertiary/aromatic N) is 1. The van der Waals surface area contributed by atoms with Crippen LogP contribution in [0.3, 0.4) is 0 Å². The lowest BCUT2D eigenvalue weighted by Gasteiger charge is -2.12. The summed E-state index contributed by atoms with van der Waals surface area (Å²) in [5, 5.41) is 8.43. The molecule has 0 fully saturated rings. The van der Waals surface area contributed by atoms with Gasteiger partial charge >= 0.3 is 6.18 Å². The molecule has 0 saturated heterocycles. The van der Waals surface area contributed by atoms with Gasteiger partial charge < -0.3 is 0 Å². The summed E-state index contributed by atoms with van der Waals surface area (Å²) in [6.45, 7) is 1.39. The molecule has 5 heteroatoms. The van der Waals surface area contributed by atoms with Crippen molar-refractivity contribution in [3.63, 3.8) is 0 Å². The Labute approximate surface area is 93.6 Å². The molecule has 0 aliphatic rings. The number of halogens is 4. The summed E-state index contributed by atoms with van der Waals surface area (Å²) in [7, 11) is 0. The standard InChI is InChI=1S/C10H7BrF3N/c1-6-8(10(12,13)14)4-7(2-3-15)5-9(6)11/h4-5H,2H2,1H3. The Bertz CT molecular complexity index is 418. The van der Waals surface area contributed by atoms with Crippen LogP contribution >= 0.6 is 15.9 Å². The van der Waals surface area contributed by atoms with E-state index in [0.717, 1.165) is 6.07 Å². The van der Waals surface area contributed by atoms with Crippen molar-refractivity contribution < 1.29 is 13.2 Å². The molecule has 1 rings (SSSR count). The largest absolute Gasteiger partial charge is 0.416 e. The smallest absolute Gasteiger partial charge is 0.198 e. The number of rotatable bonds is 1. The third kappa shape index (κ3) is 2.72. The van der Waals surface area contributed by atoms with Crippen LogP contribution in [0.1, 0.15) is 16.7 Å². The van der Waals surface area contributed by atoms with Gasteiger partial charge in [-0.05, 0) is 30.2 Å². The summed E-state index contributed by atoms with van der Waals surface area (Å²) in [4.78, 5) is 0. The predicted octanol–water partition coefficient (Wildman–Crippen LogP) is 3.84. The zero-order valence-electron chi connectivity index (χ0n) is 7.82. The summed E-state index contributed by atoms with van der Waals surface area (Å²) in [6.07, 6.45) is -4.40. The van der Waals surface area contributed by atoms with Crippen LogP contribution < -0.4 is 0 Å². The van der Waals surface area contributed by atoms with Gasteiger partial charge in [-0.2, -0.15) is 18.4 Å². The molecule has 0 radical (unpaired) electrons. The SMILES string of the molecule is Cc1c(Br)cc(CC#N)cc1C(F)(F)F. The highest BCUT2D eigenvalue weighted by molar-refractivity contribution is 9.10. The maximum Gasteiger partial charge on any atom is 0.416 e. The van der Waals surface area contributed by atoms with Crippen molar-refractivity contribution in [3.05, 3.63) is 33.3 Å². The van der Waals surface area contributed by atoms with Crippen molar-refractivity contribution >= 4 is 15.9 Å². The summed E-state index contributed by atoms with van der Waals surface area (Å²) >= 11 is 3.05. The van der Waals surface area contributed by atoms with Gasteiger partial charge in [0.05, 0.1) is 18.1 Å². The first-order chi connectivity index (χ1) is 6.86. The Hall–Kier alpha value is -1.02. The lowest BCUT2D eigenvalue weighted by Crippen LogP contribution is -2.08. The third-order valence-corrected chi connectivity index (χ3v) is 2.82. The number of nitriles is 1. The number of alkyl halides is 3. The van der Waals surface area contributed by atoms with Crippen molar-refractivity contribution in [1.82, 2.24) is 0 Å². The third-order valence-electron chi connectivity index (χ3n) is 1.99. The van der Waals surface area contributed by atoms with Crippen molar-refractivity contribution in [2.24, 2.45) is 0 Å². The van der Waals surface area contributed by atoms with Crippen molar-refractivity contribution in [3.8, 4) is 6.07 Å². The molecule has 0 amide bonds. The molecule has 0 spiro atoms. The van der Waals surface area contributed by atoms with Gasteiger partial charge in [-0.3, -0.25) is 0 Å². The second-order valence-electron chi connectivity index (χ2n) is 3.08. The first-order valence-electron chi connectivity index (χ1n) is 4.09. The molecule has 15 heavy (non-hydrogen) atoms. The van der Waals surface area contributed by atoms with Crippen molar-refractivity contribution in [1.29, 1.82) is 5.26 Å². The Morgan fingerprint density at radius 1 is 1.40 bits per heavy atom. The van der Waals surface area contributed by atoms with Crippen LogP contribution in [0.5, 0.6) is 0 Å². The molecule has 0 aliphatic carbocycles. The second kappa shape index (κ2) is 4.23. The topological polar surface area (TPSA) is 23.8 Å². The lowest BCUT2D eigenvalue weighted by molar-refractivity contribution is -0.138. The van der Waals surface area contributed by atoms with Gasteiger partial charge in [-0.25, -0.2) is 0 Å². The minimum Gasteiger partial charge on any atom is -0.198 e. The summed E-state index contributed by atoms with van der Waals surface area (Å²) in [5.41, 5.74) is -0.186. The second-order valence-corrected chi connectivity index (χ2v) is 3.94. The Kier molecular flexibility index (Phi) is 3.40. The van der Waals surface area contributed by atoms with E-state index in [-0.39, 0.29) is 12.0 Å². The molecular formula is C10H7BrF3N. The van der Waals surface area contributed by atoms with Gasteiger partial charge in [0.1, 0.15) is 0 Å². The zero-order chi connectivity index (χ0) is 11.6. The molecule has 0 saturated carbocycles. The van der Waals surface area contributed by atoms with Gasteiger partial charge in [-0.1, -0.05) is 15.9 Å². The highest BCUT2D eigenvalue weighted by atomic mass is 79.9. The summed E-state index contributed by atoms with van der Waals surface area (Å²) in [5.74, 6) is 0. The molecule has 0 aliphatic heterocycles. The molecule has 80 valence electrons. The van der Waals surface area contributed by atoms with Crippen LogP contribution in [-0.2, 0) is 12.6 Å². The lowest BCUT2D eigenvalue weighted by atomic mass is 10.0. The zero-order valence-corrected chi connectivity index (χ0v) is 9.41. The van der Waals surface area contributed by atoms with Gasteiger partial charge in [0.15, 0.2) is 0 Å². The first kappa shape index (κ1) is 12.1. The predicted molar refractivity (Wildman–Crippen MR) is 53.2 cm³/mol. The molecule has 1 nitrogen and oxygen atoms in total. The first-order valence-corrected chi connectivity index (χ1v) is 4.88. The Morgan fingerprint density at radius 3 is 2.47 bits per heavy atom. The quantitative estimate of drug-likeness (QED) is 0.765. The maximum atomic E-state index is 12.5. The fourth-order valence-corrected chi connectivity index (χ4v) is 1.73. The molecule has 1 aromatic rings. The maximum absolute atomic E-state index is 12.5. The van der Waals surface area contributed by atoms with Crippen molar-refractivity contribution in [2.75, 3.05) is 0 Å². The highest BCUT2D eigenvalue weighted by Crippen LogP contribution is 2.35. The Morgan fingerprint density at radius 2 is 2.00 bits per heavy atom. The van der Waals surface area contributed by atoms with Crippen LogP contribution in [0.25, 0.3) is 0 Å². The fourth-order valence-electron chi connectivity index (χ4n) is 1.22. The monoisotopic (exact) mass is 277 g/mol. The van der Waals surface area contributed by atoms with Crippen LogP contribution in [0.2, 0.25) is 0 Å². The van der Waals surface area contributed by atoms with E-state index < -0.39 is 11.7 Å². The Balaban J connectivity index is 3.33. The van der Waals surface area contributed by atoms with E-state index in [9.17, 15) is 13.2 Å². The molecule has 0 aromatic heterocycles. The number of benzene rings is 1. The number of hydrogen-bond acceptors (Lipinski definition) is 1. The van der Waals surface area contributed by atoms with E-state index in [4.69, 9.17) is 5.26 Å². The minimum atomic E-state index is -4.38. The van der Waals surface area contributed by atoms with E-state index in [1.807, 2.05) is 6.07 Å². The molecule has 0 atom stereocenters. The van der Waals surface area contributed by atoms with Gasteiger partial charge in [0.2, 0.25) is 0 Å². The number of hydrogen-bond donors (Lipinski definition) is 0. The fraction of sp³-hybridized carbons (Fsp3) is 0.300. The van der Waals surface area contributed by atoms with Crippen LogP contribution in [0.15, 0.2) is 16.6 Å².